The fraction of sp³-hybridized carbons (Fsp3) is 0.712. The van der Waals surface area contributed by atoms with Crippen LogP contribution in [-0.4, -0.2) is 37.2 Å². The largest absolute Gasteiger partial charge is 0.462 e. The second-order valence-electron chi connectivity index (χ2n) is 22.0. The molecule has 1 atom stereocenters. The molecule has 0 aromatic carbocycles. The van der Waals surface area contributed by atoms with E-state index < -0.39 is 6.10 Å². The van der Waals surface area contributed by atoms with Crippen molar-refractivity contribution in [3.05, 3.63) is 109 Å². The Morgan fingerprint density at radius 2 is 0.494 bits per heavy atom. The number of carbonyl (C=O) groups is 3. The highest BCUT2D eigenvalue weighted by Gasteiger charge is 2.19. The number of esters is 3. The molecule has 6 nitrogen and oxygen atoms in total. The van der Waals surface area contributed by atoms with Crippen LogP contribution in [0.2, 0.25) is 0 Å². The molecule has 0 aliphatic heterocycles. The minimum Gasteiger partial charge on any atom is -0.462 e. The highest BCUT2D eigenvalue weighted by atomic mass is 16.6. The Morgan fingerprint density at radius 3 is 0.772 bits per heavy atom. The summed E-state index contributed by atoms with van der Waals surface area (Å²) in [7, 11) is 0. The van der Waals surface area contributed by atoms with E-state index in [4.69, 9.17) is 14.2 Å². The summed E-state index contributed by atoms with van der Waals surface area (Å²) in [6.45, 7) is 6.49. The Balaban J connectivity index is 4.35. The molecular formula is C73H124O6. The lowest BCUT2D eigenvalue weighted by molar-refractivity contribution is -0.167. The van der Waals surface area contributed by atoms with Gasteiger partial charge in [0.15, 0.2) is 6.10 Å². The van der Waals surface area contributed by atoms with Gasteiger partial charge in [0.25, 0.3) is 0 Å². The normalized spacial score (nSPS) is 12.8. The SMILES string of the molecule is CC/C=C\C/C=C\C/C=C\C/C=C\C/C=C\CCCCCCCCCCCCCC(=O)OCC(COC(=O)CCCCCCCCC/C=C\C/C=C\CCCCC)OC(=O)CCCCCCCCC/C=C\C/C=C\CCCCC. The maximum absolute atomic E-state index is 12.9. The van der Waals surface area contributed by atoms with Crippen LogP contribution in [-0.2, 0) is 28.6 Å². The molecule has 0 spiro atoms. The average molecular weight is 1100 g/mol. The minimum absolute atomic E-state index is 0.0852. The molecule has 0 aromatic heterocycles. The van der Waals surface area contributed by atoms with Gasteiger partial charge in [-0.2, -0.15) is 0 Å². The summed E-state index contributed by atoms with van der Waals surface area (Å²) in [5.74, 6) is -0.893. The van der Waals surface area contributed by atoms with Crippen molar-refractivity contribution in [2.24, 2.45) is 0 Å². The molecule has 1 unspecified atom stereocenters. The van der Waals surface area contributed by atoms with Gasteiger partial charge >= 0.3 is 17.9 Å². The van der Waals surface area contributed by atoms with Crippen molar-refractivity contribution < 1.29 is 28.6 Å². The zero-order valence-corrected chi connectivity index (χ0v) is 51.9. The molecular weight excluding hydrogens is 973 g/mol. The number of rotatable bonds is 60. The lowest BCUT2D eigenvalue weighted by Crippen LogP contribution is -2.30. The predicted octanol–water partition coefficient (Wildman–Crippen LogP) is 23.0. The highest BCUT2D eigenvalue weighted by molar-refractivity contribution is 5.71. The number of hydrogen-bond acceptors (Lipinski definition) is 6. The van der Waals surface area contributed by atoms with Crippen molar-refractivity contribution in [1.82, 2.24) is 0 Å². The molecule has 0 saturated heterocycles. The smallest absolute Gasteiger partial charge is 0.306 e. The van der Waals surface area contributed by atoms with Crippen LogP contribution in [0.15, 0.2) is 109 Å². The monoisotopic (exact) mass is 1100 g/mol. The van der Waals surface area contributed by atoms with Crippen molar-refractivity contribution in [1.29, 1.82) is 0 Å². The molecule has 79 heavy (non-hydrogen) atoms. The van der Waals surface area contributed by atoms with Crippen molar-refractivity contribution >= 4 is 17.9 Å². The third-order valence-electron chi connectivity index (χ3n) is 14.2. The number of carbonyl (C=O) groups excluding carboxylic acids is 3. The summed E-state index contributed by atoms with van der Waals surface area (Å²) < 4.78 is 17.0. The van der Waals surface area contributed by atoms with Crippen LogP contribution in [0.1, 0.15) is 316 Å². The van der Waals surface area contributed by atoms with E-state index in [0.29, 0.717) is 19.3 Å². The molecule has 0 saturated carbocycles. The average Bonchev–Trinajstić information content (AvgIpc) is 3.45. The third kappa shape index (κ3) is 64.8. The van der Waals surface area contributed by atoms with Crippen molar-refractivity contribution in [3.8, 4) is 0 Å². The van der Waals surface area contributed by atoms with E-state index in [-0.39, 0.29) is 31.1 Å². The summed E-state index contributed by atoms with van der Waals surface area (Å²) in [5.41, 5.74) is 0. The molecule has 0 aromatic rings. The van der Waals surface area contributed by atoms with Crippen LogP contribution in [0.25, 0.3) is 0 Å². The molecule has 0 aliphatic carbocycles. The number of hydrogen-bond donors (Lipinski definition) is 0. The number of ether oxygens (including phenoxy) is 3. The van der Waals surface area contributed by atoms with E-state index in [1.165, 1.54) is 161 Å². The second kappa shape index (κ2) is 66.6. The van der Waals surface area contributed by atoms with Gasteiger partial charge in [0.2, 0.25) is 0 Å². The summed E-state index contributed by atoms with van der Waals surface area (Å²) in [4.78, 5) is 38.4. The molecule has 0 heterocycles. The second-order valence-corrected chi connectivity index (χ2v) is 22.0. The van der Waals surface area contributed by atoms with Crippen LogP contribution in [0.5, 0.6) is 0 Å². The van der Waals surface area contributed by atoms with Crippen LogP contribution >= 0.6 is 0 Å². The fourth-order valence-corrected chi connectivity index (χ4v) is 9.24. The lowest BCUT2D eigenvalue weighted by Gasteiger charge is -2.18. The first-order valence-electron chi connectivity index (χ1n) is 33.4. The molecule has 0 aliphatic rings. The molecule has 0 rings (SSSR count). The molecule has 0 N–H and O–H groups in total. The first-order valence-corrected chi connectivity index (χ1v) is 33.4. The van der Waals surface area contributed by atoms with Gasteiger partial charge in [-0.25, -0.2) is 0 Å². The number of unbranched alkanes of at least 4 members (excludes halogenated alkanes) is 31. The van der Waals surface area contributed by atoms with Crippen LogP contribution in [0, 0.1) is 0 Å². The molecule has 0 fully saturated rings. The van der Waals surface area contributed by atoms with Gasteiger partial charge in [-0.3, -0.25) is 14.4 Å². The summed E-state index contributed by atoms with van der Waals surface area (Å²) in [6.07, 6.45) is 90.9. The maximum Gasteiger partial charge on any atom is 0.306 e. The Kier molecular flexibility index (Phi) is 63.3. The molecule has 6 heteroatoms. The maximum atomic E-state index is 12.9. The minimum atomic E-state index is -0.790. The topological polar surface area (TPSA) is 78.9 Å². The van der Waals surface area contributed by atoms with E-state index in [0.717, 1.165) is 116 Å². The summed E-state index contributed by atoms with van der Waals surface area (Å²) in [6, 6.07) is 0. The van der Waals surface area contributed by atoms with E-state index >= 15 is 0 Å². The lowest BCUT2D eigenvalue weighted by atomic mass is 10.0. The van der Waals surface area contributed by atoms with Crippen LogP contribution in [0.3, 0.4) is 0 Å². The van der Waals surface area contributed by atoms with Gasteiger partial charge in [-0.15, -0.1) is 0 Å². The fourth-order valence-electron chi connectivity index (χ4n) is 9.24. The number of allylic oxidation sites excluding steroid dienone is 18. The van der Waals surface area contributed by atoms with Gasteiger partial charge in [0.1, 0.15) is 13.2 Å². The Morgan fingerprint density at radius 1 is 0.266 bits per heavy atom. The van der Waals surface area contributed by atoms with E-state index in [2.05, 4.69) is 130 Å². The first kappa shape index (κ1) is 75.1. The van der Waals surface area contributed by atoms with E-state index in [1.54, 1.807) is 0 Å². The van der Waals surface area contributed by atoms with Crippen molar-refractivity contribution in [3.63, 3.8) is 0 Å². The third-order valence-corrected chi connectivity index (χ3v) is 14.2. The van der Waals surface area contributed by atoms with Crippen molar-refractivity contribution in [2.45, 2.75) is 322 Å². The molecule has 0 amide bonds. The van der Waals surface area contributed by atoms with Gasteiger partial charge in [0.05, 0.1) is 0 Å². The molecule has 0 bridgehead atoms. The predicted molar refractivity (Wildman–Crippen MR) is 343 cm³/mol. The molecule has 452 valence electrons. The van der Waals surface area contributed by atoms with Crippen LogP contribution in [0.4, 0.5) is 0 Å². The summed E-state index contributed by atoms with van der Waals surface area (Å²) >= 11 is 0. The Bertz CT molecular complexity index is 1590. The highest BCUT2D eigenvalue weighted by Crippen LogP contribution is 2.16. The van der Waals surface area contributed by atoms with Gasteiger partial charge in [-0.1, -0.05) is 278 Å². The van der Waals surface area contributed by atoms with Crippen molar-refractivity contribution in [2.75, 3.05) is 13.2 Å². The van der Waals surface area contributed by atoms with Gasteiger partial charge < -0.3 is 14.2 Å². The van der Waals surface area contributed by atoms with Gasteiger partial charge in [0, 0.05) is 19.3 Å². The quantitative estimate of drug-likeness (QED) is 0.0261. The summed E-state index contributed by atoms with van der Waals surface area (Å²) in [5, 5.41) is 0. The van der Waals surface area contributed by atoms with E-state index in [9.17, 15) is 14.4 Å². The molecule has 0 radical (unpaired) electrons. The van der Waals surface area contributed by atoms with Gasteiger partial charge in [-0.05, 0) is 128 Å². The zero-order valence-electron chi connectivity index (χ0n) is 51.9. The first-order chi connectivity index (χ1) is 39.0. The van der Waals surface area contributed by atoms with Crippen LogP contribution < -0.4 is 0 Å². The van der Waals surface area contributed by atoms with E-state index in [1.807, 2.05) is 0 Å². The zero-order chi connectivity index (χ0) is 57.1. The Hall–Kier alpha value is -3.93. The standard InChI is InChI=1S/C73H124O6/c1-4-7-10-13-16-19-22-25-28-31-32-33-34-35-36-37-38-39-40-43-45-48-51-54-57-60-63-66-72(75)78-69-70(79-73(76)67-64-61-58-55-52-49-46-42-30-27-24-21-18-15-12-9-6-3)68-77-71(74)65-62-59-56-53-50-47-44-41-29-26-23-20-17-14-11-8-5-2/h7,10,16-21,25-30,32-33,35-36,70H,4-6,8-9,11-15,22-24,31,34,37-69H2,1-3H3/b10-7-,19-16-,20-17-,21-18-,28-25-,29-26-,30-27-,33-32-,36-35-. The Labute approximate surface area is 489 Å².